The number of benzene rings is 1. The second kappa shape index (κ2) is 6.63. The first kappa shape index (κ1) is 14.7. The molecule has 0 saturated heterocycles. The van der Waals surface area contributed by atoms with Crippen LogP contribution in [-0.2, 0) is 11.5 Å². The second-order valence-corrected chi connectivity index (χ2v) is 5.72. The van der Waals surface area contributed by atoms with Crippen molar-refractivity contribution in [3.05, 3.63) is 58.5 Å². The van der Waals surface area contributed by atoms with Crippen molar-refractivity contribution in [2.75, 3.05) is 0 Å². The van der Waals surface area contributed by atoms with Crippen molar-refractivity contribution in [2.24, 2.45) is 5.84 Å². The molecule has 106 valence electrons. The quantitative estimate of drug-likeness (QED) is 0.505. The number of carbonyl (C=O) groups is 1. The minimum atomic E-state index is -0.392. The van der Waals surface area contributed by atoms with Gasteiger partial charge in [0.25, 0.3) is 0 Å². The highest BCUT2D eigenvalue weighted by molar-refractivity contribution is 7.97. The Hall–Kier alpha value is -1.72. The van der Waals surface area contributed by atoms with Crippen molar-refractivity contribution in [3.8, 4) is 0 Å². The van der Waals surface area contributed by atoms with Crippen LogP contribution in [0.25, 0.3) is 0 Å². The molecule has 0 fully saturated rings. The minimum absolute atomic E-state index is 0.292. The van der Waals surface area contributed by atoms with E-state index in [2.05, 4.69) is 37.5 Å². The fraction of sp³-hybridized carbons (Fsp3) is 0.267. The molecule has 0 unspecified atom stereocenters. The molecule has 0 spiro atoms. The van der Waals surface area contributed by atoms with Crippen LogP contribution in [0.15, 0.2) is 34.9 Å². The molecule has 4 nitrogen and oxygen atoms in total. The van der Waals surface area contributed by atoms with E-state index in [9.17, 15) is 4.79 Å². The molecule has 2 aromatic rings. The summed E-state index contributed by atoms with van der Waals surface area (Å²) in [6.07, 6.45) is 1.51. The van der Waals surface area contributed by atoms with Crippen molar-refractivity contribution in [1.29, 1.82) is 0 Å². The number of nitrogens with one attached hydrogen (secondary N) is 1. The first-order valence-electron chi connectivity index (χ1n) is 6.32. The van der Waals surface area contributed by atoms with Crippen molar-refractivity contribution < 1.29 is 9.21 Å². The Morgan fingerprint density at radius 3 is 2.60 bits per heavy atom. The van der Waals surface area contributed by atoms with Crippen LogP contribution in [0.3, 0.4) is 0 Å². The highest BCUT2D eigenvalue weighted by Gasteiger charge is 2.13. The van der Waals surface area contributed by atoms with Gasteiger partial charge in [-0.1, -0.05) is 29.3 Å². The van der Waals surface area contributed by atoms with E-state index in [4.69, 9.17) is 10.3 Å². The molecule has 0 bridgehead atoms. The van der Waals surface area contributed by atoms with E-state index < -0.39 is 5.91 Å². The van der Waals surface area contributed by atoms with E-state index in [0.29, 0.717) is 11.5 Å². The maximum absolute atomic E-state index is 11.5. The number of nitrogens with two attached hydrogens (primary N) is 1. The molecule has 1 aromatic carbocycles. The van der Waals surface area contributed by atoms with E-state index in [1.54, 1.807) is 17.8 Å². The number of furan rings is 1. The fourth-order valence-corrected chi connectivity index (χ4v) is 3.10. The molecule has 3 N–H and O–H groups in total. The smallest absolute Gasteiger partial charge is 0.301 e. The number of nitrogen functional groups attached to an aromatic ring is 1. The van der Waals surface area contributed by atoms with Gasteiger partial charge in [-0.05, 0) is 25.5 Å². The Morgan fingerprint density at radius 1 is 1.25 bits per heavy atom. The molecular formula is C15H18N2O2S. The molecule has 0 radical (unpaired) electrons. The van der Waals surface area contributed by atoms with Crippen LogP contribution in [0.2, 0.25) is 0 Å². The second-order valence-electron chi connectivity index (χ2n) is 4.74. The van der Waals surface area contributed by atoms with Gasteiger partial charge >= 0.3 is 5.91 Å². The van der Waals surface area contributed by atoms with E-state index in [0.717, 1.165) is 11.3 Å². The van der Waals surface area contributed by atoms with Crippen LogP contribution in [0.5, 0.6) is 0 Å². The molecule has 0 aliphatic carbocycles. The number of hydrogen-bond donors (Lipinski definition) is 2. The lowest BCUT2D eigenvalue weighted by Crippen LogP contribution is -2.30. The van der Waals surface area contributed by atoms with Crippen LogP contribution < -0.4 is 11.3 Å². The summed E-state index contributed by atoms with van der Waals surface area (Å²) < 4.78 is 5.15. The maximum Gasteiger partial charge on any atom is 0.301 e. The lowest BCUT2D eigenvalue weighted by atomic mass is 10.1. The summed E-state index contributed by atoms with van der Waals surface area (Å²) in [6, 6.07) is 8.33. The topological polar surface area (TPSA) is 68.3 Å². The molecule has 0 atom stereocenters. The molecule has 20 heavy (non-hydrogen) atoms. The largest absolute Gasteiger partial charge is 0.459 e. The van der Waals surface area contributed by atoms with Crippen LogP contribution in [0.1, 0.15) is 32.8 Å². The molecule has 0 saturated carbocycles. The van der Waals surface area contributed by atoms with Gasteiger partial charge in [0.1, 0.15) is 0 Å². The monoisotopic (exact) mass is 290 g/mol. The molecule has 1 aromatic heterocycles. The highest BCUT2D eigenvalue weighted by Crippen LogP contribution is 2.22. The van der Waals surface area contributed by atoms with Gasteiger partial charge in [-0.2, -0.15) is 11.8 Å². The number of carbonyl (C=O) groups excluding carboxylic acids is 1. The van der Waals surface area contributed by atoms with E-state index >= 15 is 0 Å². The maximum atomic E-state index is 11.5. The number of hydrogen-bond acceptors (Lipinski definition) is 4. The summed E-state index contributed by atoms with van der Waals surface area (Å²) >= 11 is 1.74. The zero-order chi connectivity index (χ0) is 14.5. The van der Waals surface area contributed by atoms with Gasteiger partial charge in [0.15, 0.2) is 5.76 Å². The molecule has 0 aliphatic heterocycles. The summed E-state index contributed by atoms with van der Waals surface area (Å²) in [7, 11) is 0. The SMILES string of the molecule is Cc1cc(C)cc(CSCc2ccoc2C(=O)NN)c1. The third-order valence-corrected chi connectivity index (χ3v) is 3.94. The highest BCUT2D eigenvalue weighted by atomic mass is 32.2. The zero-order valence-electron chi connectivity index (χ0n) is 11.6. The molecule has 5 heteroatoms. The Morgan fingerprint density at radius 2 is 1.95 bits per heavy atom. The molecule has 1 heterocycles. The van der Waals surface area contributed by atoms with E-state index in [-0.39, 0.29) is 0 Å². The van der Waals surface area contributed by atoms with Crippen molar-refractivity contribution in [1.82, 2.24) is 5.43 Å². The van der Waals surface area contributed by atoms with E-state index in [1.807, 2.05) is 0 Å². The van der Waals surface area contributed by atoms with Crippen molar-refractivity contribution in [3.63, 3.8) is 0 Å². The van der Waals surface area contributed by atoms with Crippen LogP contribution in [-0.4, -0.2) is 5.91 Å². The van der Waals surface area contributed by atoms with Gasteiger partial charge in [-0.25, -0.2) is 5.84 Å². The number of thioether (sulfide) groups is 1. The Balaban J connectivity index is 1.96. The third kappa shape index (κ3) is 3.65. The number of amides is 1. The Kier molecular flexibility index (Phi) is 4.87. The minimum Gasteiger partial charge on any atom is -0.459 e. The summed E-state index contributed by atoms with van der Waals surface area (Å²) in [5.74, 6) is 6.63. The van der Waals surface area contributed by atoms with Crippen LogP contribution in [0, 0.1) is 13.8 Å². The summed E-state index contributed by atoms with van der Waals surface area (Å²) in [5.41, 5.74) is 6.79. The number of rotatable bonds is 5. The van der Waals surface area contributed by atoms with Gasteiger partial charge in [0.2, 0.25) is 0 Å². The number of hydrazine groups is 1. The van der Waals surface area contributed by atoms with Gasteiger partial charge in [0.05, 0.1) is 6.26 Å². The average molecular weight is 290 g/mol. The van der Waals surface area contributed by atoms with Crippen LogP contribution in [0.4, 0.5) is 0 Å². The lowest BCUT2D eigenvalue weighted by molar-refractivity contribution is 0.0925. The Bertz CT molecular complexity index is 587. The molecular weight excluding hydrogens is 272 g/mol. The van der Waals surface area contributed by atoms with Gasteiger partial charge < -0.3 is 4.42 Å². The van der Waals surface area contributed by atoms with Gasteiger partial charge in [-0.3, -0.25) is 10.2 Å². The first-order chi connectivity index (χ1) is 9.60. The molecule has 0 aliphatic rings. The summed E-state index contributed by atoms with van der Waals surface area (Å²) in [5, 5.41) is 0. The van der Waals surface area contributed by atoms with Crippen LogP contribution >= 0.6 is 11.8 Å². The van der Waals surface area contributed by atoms with Gasteiger partial charge in [0, 0.05) is 17.1 Å². The first-order valence-corrected chi connectivity index (χ1v) is 7.48. The van der Waals surface area contributed by atoms with Gasteiger partial charge in [-0.15, -0.1) is 0 Å². The molecule has 1 amide bonds. The fourth-order valence-electron chi connectivity index (χ4n) is 2.15. The zero-order valence-corrected chi connectivity index (χ0v) is 12.4. The normalized spacial score (nSPS) is 10.6. The van der Waals surface area contributed by atoms with E-state index in [1.165, 1.54) is 23.0 Å². The molecule has 2 rings (SSSR count). The summed E-state index contributed by atoms with van der Waals surface area (Å²) in [6.45, 7) is 4.20. The lowest BCUT2D eigenvalue weighted by Gasteiger charge is -2.05. The summed E-state index contributed by atoms with van der Waals surface area (Å²) in [4.78, 5) is 11.5. The van der Waals surface area contributed by atoms with Crippen molar-refractivity contribution >= 4 is 17.7 Å². The predicted octanol–water partition coefficient (Wildman–Crippen LogP) is 2.93. The standard InChI is InChI=1S/C15H18N2O2S/c1-10-5-11(2)7-12(6-10)8-20-9-13-3-4-19-14(13)15(18)17-16/h3-7H,8-9,16H2,1-2H3,(H,17,18). The predicted molar refractivity (Wildman–Crippen MR) is 81.3 cm³/mol. The number of aryl methyl sites for hydroxylation is 2. The Labute approximate surface area is 122 Å². The third-order valence-electron chi connectivity index (χ3n) is 2.89. The average Bonchev–Trinajstić information content (AvgIpc) is 2.85. The van der Waals surface area contributed by atoms with Crippen molar-refractivity contribution in [2.45, 2.75) is 25.4 Å².